The zero-order chi connectivity index (χ0) is 22.4. The number of nitrogens with one attached hydrogen (secondary N) is 2. The zero-order valence-corrected chi connectivity index (χ0v) is 18.0. The summed E-state index contributed by atoms with van der Waals surface area (Å²) in [6.45, 7) is 0. The average Bonchev–Trinajstić information content (AvgIpc) is 3.48. The molecule has 0 spiro atoms. The first-order valence-electron chi connectivity index (χ1n) is 10.4. The third-order valence-electron chi connectivity index (χ3n) is 5.57. The van der Waals surface area contributed by atoms with E-state index in [9.17, 15) is 0 Å². The van der Waals surface area contributed by atoms with E-state index in [-0.39, 0.29) is 0 Å². The van der Waals surface area contributed by atoms with E-state index in [1.54, 1.807) is 18.6 Å². The minimum absolute atomic E-state index is 0.625. The van der Waals surface area contributed by atoms with Crippen LogP contribution in [0.25, 0.3) is 56.0 Å². The summed E-state index contributed by atoms with van der Waals surface area (Å²) >= 11 is 0. The predicted molar refractivity (Wildman–Crippen MR) is 128 cm³/mol. The molecule has 2 N–H and O–H groups in total. The van der Waals surface area contributed by atoms with E-state index in [2.05, 4.69) is 41.2 Å². The molecule has 9 nitrogen and oxygen atoms in total. The van der Waals surface area contributed by atoms with Gasteiger partial charge in [-0.25, -0.2) is 9.97 Å². The van der Waals surface area contributed by atoms with Crippen molar-refractivity contribution in [2.24, 2.45) is 0 Å². The Balaban J connectivity index is 1.48. The lowest BCUT2D eigenvalue weighted by molar-refractivity contribution is 1.10. The third-order valence-corrected chi connectivity index (χ3v) is 5.57. The Morgan fingerprint density at radius 1 is 0.879 bits per heavy atom. The van der Waals surface area contributed by atoms with Crippen LogP contribution in [0.2, 0.25) is 0 Å². The Labute approximate surface area is 188 Å². The molecule has 9 heteroatoms. The van der Waals surface area contributed by atoms with Crippen molar-refractivity contribution in [2.45, 2.75) is 0 Å². The maximum absolute atomic E-state index is 4.72. The van der Waals surface area contributed by atoms with Gasteiger partial charge in [-0.05, 0) is 24.3 Å². The van der Waals surface area contributed by atoms with E-state index in [0.717, 1.165) is 44.5 Å². The highest BCUT2D eigenvalue weighted by molar-refractivity contribution is 5.96. The van der Waals surface area contributed by atoms with Gasteiger partial charge < -0.3 is 9.88 Å². The monoisotopic (exact) mass is 433 g/mol. The average molecular weight is 433 g/mol. The molecule has 6 heterocycles. The van der Waals surface area contributed by atoms with Gasteiger partial charge in [0.1, 0.15) is 5.69 Å². The first-order valence-corrected chi connectivity index (χ1v) is 10.4. The molecule has 0 unspecified atom stereocenters. The second kappa shape index (κ2) is 7.49. The standard InChI is InChI=1S/C24H19N9/c1-33(2)16-8-15(11-26-12-16)19-9-18-20(13-28-19)31-32-22(18)24-29-21-17(5-7-27-23(21)30-24)14-4-3-6-25-10-14/h3-13H,1-2H3,(H,31,32)(H,27,29,30). The maximum Gasteiger partial charge on any atom is 0.178 e. The summed E-state index contributed by atoms with van der Waals surface area (Å²) in [5.74, 6) is 0.636. The normalized spacial score (nSPS) is 11.3. The second-order valence-corrected chi connectivity index (χ2v) is 7.90. The predicted octanol–water partition coefficient (Wildman–Crippen LogP) is 4.09. The fraction of sp³-hybridized carbons (Fsp3) is 0.0833. The van der Waals surface area contributed by atoms with Crippen molar-refractivity contribution >= 4 is 27.8 Å². The number of pyridine rings is 4. The highest BCUT2D eigenvalue weighted by atomic mass is 15.1. The van der Waals surface area contributed by atoms with Gasteiger partial charge in [-0.2, -0.15) is 5.10 Å². The number of aromatic nitrogens is 8. The lowest BCUT2D eigenvalue weighted by atomic mass is 10.1. The van der Waals surface area contributed by atoms with Gasteiger partial charge in [-0.1, -0.05) is 6.07 Å². The van der Waals surface area contributed by atoms with Gasteiger partial charge in [-0.15, -0.1) is 0 Å². The van der Waals surface area contributed by atoms with Crippen molar-refractivity contribution in [1.82, 2.24) is 40.1 Å². The van der Waals surface area contributed by atoms with Gasteiger partial charge >= 0.3 is 0 Å². The second-order valence-electron chi connectivity index (χ2n) is 7.90. The molecule has 6 aromatic rings. The molecule has 0 amide bonds. The molecule has 0 bridgehead atoms. The third kappa shape index (κ3) is 3.26. The number of hydrogen-bond donors (Lipinski definition) is 2. The number of rotatable bonds is 4. The van der Waals surface area contributed by atoms with Crippen molar-refractivity contribution in [1.29, 1.82) is 0 Å². The molecule has 0 aromatic carbocycles. The lowest BCUT2D eigenvalue weighted by Crippen LogP contribution is -2.08. The Morgan fingerprint density at radius 3 is 2.64 bits per heavy atom. The van der Waals surface area contributed by atoms with Gasteiger partial charge in [0.25, 0.3) is 0 Å². The van der Waals surface area contributed by atoms with Crippen LogP contribution < -0.4 is 4.90 Å². The number of hydrogen-bond acceptors (Lipinski definition) is 7. The van der Waals surface area contributed by atoms with E-state index in [1.165, 1.54) is 0 Å². The highest BCUT2D eigenvalue weighted by Gasteiger charge is 2.17. The van der Waals surface area contributed by atoms with Crippen LogP contribution in [0, 0.1) is 0 Å². The minimum Gasteiger partial charge on any atom is -0.376 e. The van der Waals surface area contributed by atoms with Gasteiger partial charge in [0.05, 0.1) is 34.8 Å². The summed E-state index contributed by atoms with van der Waals surface area (Å²) in [7, 11) is 3.97. The van der Waals surface area contributed by atoms with Gasteiger partial charge in [0.15, 0.2) is 11.5 Å². The molecule has 0 aliphatic carbocycles. The van der Waals surface area contributed by atoms with E-state index in [0.29, 0.717) is 17.2 Å². The molecule has 33 heavy (non-hydrogen) atoms. The molecule has 0 saturated carbocycles. The smallest absolute Gasteiger partial charge is 0.178 e. The number of H-pyrrole nitrogens is 2. The van der Waals surface area contributed by atoms with Crippen molar-refractivity contribution in [3.8, 4) is 33.9 Å². The molecular weight excluding hydrogens is 414 g/mol. The number of aromatic amines is 2. The molecule has 0 radical (unpaired) electrons. The number of nitrogens with zero attached hydrogens (tertiary/aromatic N) is 7. The first kappa shape index (κ1) is 19.1. The maximum atomic E-state index is 4.72. The fourth-order valence-corrected chi connectivity index (χ4v) is 3.85. The molecule has 0 aliphatic rings. The van der Waals surface area contributed by atoms with Gasteiger partial charge in [0.2, 0.25) is 0 Å². The molecule has 6 rings (SSSR count). The van der Waals surface area contributed by atoms with Crippen molar-refractivity contribution in [3.63, 3.8) is 0 Å². The van der Waals surface area contributed by atoms with Crippen LogP contribution in [0.3, 0.4) is 0 Å². The zero-order valence-electron chi connectivity index (χ0n) is 18.0. The van der Waals surface area contributed by atoms with Crippen LogP contribution in [-0.2, 0) is 0 Å². The summed E-state index contributed by atoms with van der Waals surface area (Å²) < 4.78 is 0. The largest absolute Gasteiger partial charge is 0.376 e. The molecule has 0 fully saturated rings. The van der Waals surface area contributed by atoms with Crippen LogP contribution >= 0.6 is 0 Å². The summed E-state index contributed by atoms with van der Waals surface area (Å²) in [6, 6.07) is 9.95. The van der Waals surface area contributed by atoms with Crippen LogP contribution in [-0.4, -0.2) is 54.2 Å². The van der Waals surface area contributed by atoms with Crippen LogP contribution in [0.15, 0.2) is 67.5 Å². The first-order chi connectivity index (χ1) is 16.2. The number of fused-ring (bicyclic) bond motifs is 2. The van der Waals surface area contributed by atoms with E-state index in [4.69, 9.17) is 4.98 Å². The summed E-state index contributed by atoms with van der Waals surface area (Å²) in [4.78, 5) is 27.8. The minimum atomic E-state index is 0.625. The SMILES string of the molecule is CN(C)c1cncc(-c2cc3c(-c4nc5nccc(-c6cccnc6)c5[nH]4)n[nH]c3cn2)c1. The molecule has 0 atom stereocenters. The Kier molecular flexibility index (Phi) is 4.32. The number of imidazole rings is 1. The Hall–Kier alpha value is -4.66. The topological polar surface area (TPSA) is 112 Å². The fourth-order valence-electron chi connectivity index (χ4n) is 3.85. The number of anilines is 1. The summed E-state index contributed by atoms with van der Waals surface area (Å²) in [5.41, 5.74) is 7.73. The quantitative estimate of drug-likeness (QED) is 0.431. The van der Waals surface area contributed by atoms with E-state index >= 15 is 0 Å². The van der Waals surface area contributed by atoms with Gasteiger partial charge in [0, 0.05) is 61.0 Å². The Morgan fingerprint density at radius 2 is 1.79 bits per heavy atom. The summed E-state index contributed by atoms with van der Waals surface area (Å²) in [5, 5.41) is 8.49. The van der Waals surface area contributed by atoms with Crippen molar-refractivity contribution in [2.75, 3.05) is 19.0 Å². The summed E-state index contributed by atoms with van der Waals surface area (Å²) in [6.07, 6.45) is 10.8. The van der Waals surface area contributed by atoms with Crippen molar-refractivity contribution in [3.05, 3.63) is 67.5 Å². The van der Waals surface area contributed by atoms with E-state index < -0.39 is 0 Å². The lowest BCUT2D eigenvalue weighted by Gasteiger charge is -2.12. The molecular formula is C24H19N9. The van der Waals surface area contributed by atoms with Crippen LogP contribution in [0.1, 0.15) is 0 Å². The molecule has 0 aliphatic heterocycles. The van der Waals surface area contributed by atoms with Crippen molar-refractivity contribution < 1.29 is 0 Å². The highest BCUT2D eigenvalue weighted by Crippen LogP contribution is 2.31. The van der Waals surface area contributed by atoms with Crippen LogP contribution in [0.4, 0.5) is 5.69 Å². The molecule has 0 saturated heterocycles. The molecule has 160 valence electrons. The Bertz CT molecular complexity index is 1600. The molecule has 6 aromatic heterocycles. The van der Waals surface area contributed by atoms with Crippen LogP contribution in [0.5, 0.6) is 0 Å². The van der Waals surface area contributed by atoms with E-state index in [1.807, 2.05) is 61.9 Å². The van der Waals surface area contributed by atoms with Gasteiger partial charge in [-0.3, -0.25) is 20.1 Å².